The number of benzene rings is 1. The molecule has 0 aromatic heterocycles. The molecule has 0 amide bonds. The van der Waals surface area contributed by atoms with Gasteiger partial charge in [-0.2, -0.15) is 0 Å². The third kappa shape index (κ3) is 3.84. The van der Waals surface area contributed by atoms with Crippen LogP contribution >= 0.6 is 0 Å². The summed E-state index contributed by atoms with van der Waals surface area (Å²) >= 11 is 0. The number of aliphatic hydroxyl groups excluding tert-OH is 2. The van der Waals surface area contributed by atoms with Crippen molar-refractivity contribution < 1.29 is 15.1 Å². The molecule has 0 aliphatic heterocycles. The Morgan fingerprint density at radius 2 is 2.12 bits per heavy atom. The molecule has 1 aromatic carbocycles. The number of anilines is 1. The third-order valence-corrected chi connectivity index (χ3v) is 2.06. The van der Waals surface area contributed by atoms with Crippen LogP contribution in [0.2, 0.25) is 0 Å². The molecule has 1 unspecified atom stereocenters. The van der Waals surface area contributed by atoms with Crippen molar-refractivity contribution in [3.05, 3.63) is 39.9 Å². The van der Waals surface area contributed by atoms with Crippen molar-refractivity contribution in [1.82, 2.24) is 0 Å². The average Bonchev–Trinajstić information content (AvgIpc) is 2.26. The van der Waals surface area contributed by atoms with Gasteiger partial charge >= 0.3 is 0 Å². The lowest BCUT2D eigenvalue weighted by Crippen LogP contribution is -2.23. The predicted molar refractivity (Wildman–Crippen MR) is 58.7 cm³/mol. The van der Waals surface area contributed by atoms with Crippen LogP contribution in [0.4, 0.5) is 5.69 Å². The van der Waals surface area contributed by atoms with Crippen LogP contribution < -0.4 is 5.32 Å². The zero-order valence-corrected chi connectivity index (χ0v) is 8.67. The minimum absolute atomic E-state index is 0.158. The standard InChI is InChI=1S/C10H14N2O4/c13-7-9(14)5-11-10-4-2-1-3-8(10)6-12(15)16/h1-4,9,11,13-14H,5-7H2. The highest BCUT2D eigenvalue weighted by Gasteiger charge is 2.08. The van der Waals surface area contributed by atoms with Gasteiger partial charge < -0.3 is 15.5 Å². The average molecular weight is 226 g/mol. The summed E-state index contributed by atoms with van der Waals surface area (Å²) in [5.41, 5.74) is 1.16. The fraction of sp³-hybridized carbons (Fsp3) is 0.400. The maximum absolute atomic E-state index is 10.4. The molecule has 0 aliphatic carbocycles. The molecular weight excluding hydrogens is 212 g/mol. The normalized spacial score (nSPS) is 12.1. The van der Waals surface area contributed by atoms with Gasteiger partial charge in [-0.3, -0.25) is 10.1 Å². The fourth-order valence-corrected chi connectivity index (χ4v) is 1.26. The van der Waals surface area contributed by atoms with Gasteiger partial charge in [-0.1, -0.05) is 18.2 Å². The van der Waals surface area contributed by atoms with Crippen LogP contribution in [-0.2, 0) is 6.54 Å². The Balaban J connectivity index is 2.67. The molecule has 6 nitrogen and oxygen atoms in total. The van der Waals surface area contributed by atoms with E-state index < -0.39 is 11.0 Å². The van der Waals surface area contributed by atoms with Gasteiger partial charge in [-0.05, 0) is 6.07 Å². The second kappa shape index (κ2) is 6.04. The summed E-state index contributed by atoms with van der Waals surface area (Å²) in [6.07, 6.45) is -0.872. The molecule has 1 aromatic rings. The van der Waals surface area contributed by atoms with Gasteiger partial charge in [0.25, 0.3) is 0 Å². The summed E-state index contributed by atoms with van der Waals surface area (Å²) in [5, 5.41) is 31.0. The molecule has 3 N–H and O–H groups in total. The summed E-state index contributed by atoms with van der Waals surface area (Å²) in [6.45, 7) is -0.450. The van der Waals surface area contributed by atoms with Gasteiger partial charge in [0.1, 0.15) is 0 Å². The first-order valence-corrected chi connectivity index (χ1v) is 4.86. The lowest BCUT2D eigenvalue weighted by Gasteiger charge is -2.12. The number of para-hydroxylation sites is 1. The van der Waals surface area contributed by atoms with Gasteiger partial charge in [0.2, 0.25) is 6.54 Å². The molecular formula is C10H14N2O4. The van der Waals surface area contributed by atoms with E-state index in [4.69, 9.17) is 10.2 Å². The van der Waals surface area contributed by atoms with E-state index in [1.807, 2.05) is 0 Å². The van der Waals surface area contributed by atoms with Crippen molar-refractivity contribution in [3.63, 3.8) is 0 Å². The summed E-state index contributed by atoms with van der Waals surface area (Å²) in [6, 6.07) is 6.81. The maximum Gasteiger partial charge on any atom is 0.230 e. The molecule has 1 rings (SSSR count). The van der Waals surface area contributed by atoms with Gasteiger partial charge in [0.15, 0.2) is 0 Å². The second-order valence-corrected chi connectivity index (χ2v) is 3.37. The summed E-state index contributed by atoms with van der Waals surface area (Å²) in [4.78, 5) is 9.99. The van der Waals surface area contributed by atoms with Gasteiger partial charge in [0.05, 0.1) is 12.7 Å². The summed E-state index contributed by atoms with van der Waals surface area (Å²) in [5.74, 6) is 0. The Hall–Kier alpha value is -1.66. The molecule has 0 bridgehead atoms. The lowest BCUT2D eigenvalue weighted by atomic mass is 10.1. The first-order valence-electron chi connectivity index (χ1n) is 4.86. The zero-order valence-electron chi connectivity index (χ0n) is 8.67. The topological polar surface area (TPSA) is 95.6 Å². The maximum atomic E-state index is 10.4. The predicted octanol–water partition coefficient (Wildman–Crippen LogP) is 0.228. The molecule has 1 atom stereocenters. The number of rotatable bonds is 6. The Morgan fingerprint density at radius 1 is 1.44 bits per heavy atom. The Bertz CT molecular complexity index is 356. The highest BCUT2D eigenvalue weighted by atomic mass is 16.6. The smallest absolute Gasteiger partial charge is 0.230 e. The molecule has 0 fully saturated rings. The van der Waals surface area contributed by atoms with Crippen molar-refractivity contribution in [2.45, 2.75) is 12.6 Å². The van der Waals surface area contributed by atoms with Crippen LogP contribution in [0.1, 0.15) is 5.56 Å². The van der Waals surface area contributed by atoms with E-state index >= 15 is 0 Å². The molecule has 0 aliphatic rings. The SMILES string of the molecule is O=[N+]([O-])Cc1ccccc1NCC(O)CO. The highest BCUT2D eigenvalue weighted by Crippen LogP contribution is 2.15. The van der Waals surface area contributed by atoms with Crippen molar-refractivity contribution in [2.24, 2.45) is 0 Å². The number of nitrogens with zero attached hydrogens (tertiary/aromatic N) is 1. The molecule has 16 heavy (non-hydrogen) atoms. The molecule has 0 spiro atoms. The van der Waals surface area contributed by atoms with E-state index in [1.165, 1.54) is 0 Å². The van der Waals surface area contributed by atoms with E-state index in [0.717, 1.165) is 0 Å². The summed E-state index contributed by atoms with van der Waals surface area (Å²) < 4.78 is 0. The first kappa shape index (κ1) is 12.4. The van der Waals surface area contributed by atoms with Crippen LogP contribution in [-0.4, -0.2) is 34.4 Å². The minimum Gasteiger partial charge on any atom is -0.394 e. The van der Waals surface area contributed by atoms with Crippen LogP contribution in [0.5, 0.6) is 0 Å². The second-order valence-electron chi connectivity index (χ2n) is 3.37. The zero-order chi connectivity index (χ0) is 12.0. The van der Waals surface area contributed by atoms with Crippen LogP contribution in [0.25, 0.3) is 0 Å². The monoisotopic (exact) mass is 226 g/mol. The number of hydrogen-bond donors (Lipinski definition) is 3. The van der Waals surface area contributed by atoms with Crippen molar-refractivity contribution in [3.8, 4) is 0 Å². The number of hydrogen-bond acceptors (Lipinski definition) is 5. The number of nitro groups is 1. The molecule has 0 radical (unpaired) electrons. The van der Waals surface area contributed by atoms with Gasteiger partial charge in [-0.15, -0.1) is 0 Å². The molecule has 0 saturated carbocycles. The largest absolute Gasteiger partial charge is 0.394 e. The van der Waals surface area contributed by atoms with Crippen molar-refractivity contribution >= 4 is 5.69 Å². The number of nitrogens with one attached hydrogen (secondary N) is 1. The van der Waals surface area contributed by atoms with E-state index in [9.17, 15) is 10.1 Å². The molecule has 88 valence electrons. The fourth-order valence-electron chi connectivity index (χ4n) is 1.26. The lowest BCUT2D eigenvalue weighted by molar-refractivity contribution is -0.496. The quantitative estimate of drug-likeness (QED) is 0.476. The van der Waals surface area contributed by atoms with E-state index in [-0.39, 0.29) is 19.7 Å². The molecule has 0 heterocycles. The van der Waals surface area contributed by atoms with Crippen LogP contribution in [0.3, 0.4) is 0 Å². The van der Waals surface area contributed by atoms with Crippen molar-refractivity contribution in [2.75, 3.05) is 18.5 Å². The first-order chi connectivity index (χ1) is 7.63. The number of aliphatic hydroxyl groups is 2. The van der Waals surface area contributed by atoms with Crippen LogP contribution in [0.15, 0.2) is 24.3 Å². The van der Waals surface area contributed by atoms with Gasteiger partial charge in [0, 0.05) is 22.7 Å². The molecule has 0 saturated heterocycles. The Morgan fingerprint density at radius 3 is 2.75 bits per heavy atom. The Kier molecular flexibility index (Phi) is 4.68. The highest BCUT2D eigenvalue weighted by molar-refractivity contribution is 5.50. The minimum atomic E-state index is -0.872. The van der Waals surface area contributed by atoms with Crippen LogP contribution in [0, 0.1) is 10.1 Å². The van der Waals surface area contributed by atoms with Gasteiger partial charge in [-0.25, -0.2) is 0 Å². The molecule has 6 heteroatoms. The van der Waals surface area contributed by atoms with Crippen molar-refractivity contribution in [1.29, 1.82) is 0 Å². The Labute approximate surface area is 92.7 Å². The summed E-state index contributed by atoms with van der Waals surface area (Å²) in [7, 11) is 0. The van der Waals surface area contributed by atoms with E-state index in [0.29, 0.717) is 11.3 Å². The van der Waals surface area contributed by atoms with E-state index in [1.54, 1.807) is 24.3 Å². The van der Waals surface area contributed by atoms with E-state index in [2.05, 4.69) is 5.32 Å². The third-order valence-electron chi connectivity index (χ3n) is 2.06.